The molecule has 5 heteroatoms. The summed E-state index contributed by atoms with van der Waals surface area (Å²) >= 11 is 0. The van der Waals surface area contributed by atoms with Crippen molar-refractivity contribution in [1.29, 1.82) is 0 Å². The first-order chi connectivity index (χ1) is 7.80. The van der Waals surface area contributed by atoms with Crippen LogP contribution in [0.2, 0.25) is 0 Å². The maximum absolute atomic E-state index is 9.85. The molecule has 0 unspecified atom stereocenters. The van der Waals surface area contributed by atoms with Crippen LogP contribution < -0.4 is 0 Å². The van der Waals surface area contributed by atoms with Gasteiger partial charge in [0.1, 0.15) is 0 Å². The molecule has 0 aromatic carbocycles. The van der Waals surface area contributed by atoms with E-state index in [9.17, 15) is 9.79 Å². The molecule has 2 N–H and O–H groups in total. The molecule has 3 nitrogen and oxygen atoms in total. The first kappa shape index (κ1) is 17.5. The number of rotatable bonds is 8. The smallest absolute Gasteiger partial charge is 0.312 e. The van der Waals surface area contributed by atoms with Crippen molar-refractivity contribution in [3.8, 4) is 0 Å². The summed E-state index contributed by atoms with van der Waals surface area (Å²) in [5, 5.41) is 0. The zero-order chi connectivity index (χ0) is 13.5. The minimum absolute atomic E-state index is 0.511. The van der Waals surface area contributed by atoms with Crippen molar-refractivity contribution in [2.75, 3.05) is 18.5 Å². The molecule has 0 fully saturated rings. The normalized spacial score (nSPS) is 12.8. The van der Waals surface area contributed by atoms with E-state index in [-0.39, 0.29) is 0 Å². The lowest BCUT2D eigenvalue weighted by Gasteiger charge is -2.28. The fourth-order valence-electron chi connectivity index (χ4n) is 1.83. The Labute approximate surface area is 110 Å². The molecule has 0 atom stereocenters. The lowest BCUT2D eigenvalue weighted by atomic mass is 10.2. The molecule has 0 saturated carbocycles. The van der Waals surface area contributed by atoms with Gasteiger partial charge in [0.2, 0.25) is 10.9 Å². The lowest BCUT2D eigenvalue weighted by molar-refractivity contribution is 0.187. The second-order valence-corrected chi connectivity index (χ2v) is 9.97. The van der Waals surface area contributed by atoms with Crippen molar-refractivity contribution in [2.24, 2.45) is 0 Å². The Morgan fingerprint density at radius 3 is 2.06 bits per heavy atom. The Balaban J connectivity index is 4.21. The van der Waals surface area contributed by atoms with E-state index in [1.54, 1.807) is 0 Å². The highest BCUT2D eigenvalue weighted by Crippen LogP contribution is 2.38. The van der Waals surface area contributed by atoms with E-state index >= 15 is 0 Å². The van der Waals surface area contributed by atoms with Gasteiger partial charge in [0.25, 0.3) is 0 Å². The standard InChI is InChI=1S/C12H29NO2PS/c1-6-7-9-16(14,15)17-10-8-13(11(2)3)12(4)5/h11-12,14-15H,6-10H2,1-5H3/q+1. The van der Waals surface area contributed by atoms with Crippen LogP contribution in [0.4, 0.5) is 0 Å². The van der Waals surface area contributed by atoms with Crippen molar-refractivity contribution in [1.82, 2.24) is 4.90 Å². The van der Waals surface area contributed by atoms with Gasteiger partial charge in [-0.3, -0.25) is 4.90 Å². The van der Waals surface area contributed by atoms with Gasteiger partial charge in [0.15, 0.2) is 5.75 Å². The average Bonchev–Trinajstić information content (AvgIpc) is 2.20. The zero-order valence-electron chi connectivity index (χ0n) is 11.9. The van der Waals surface area contributed by atoms with Crippen LogP contribution >= 0.6 is 6.49 Å². The monoisotopic (exact) mass is 282 g/mol. The zero-order valence-corrected chi connectivity index (χ0v) is 13.6. The molecule has 0 aliphatic heterocycles. The highest BCUT2D eigenvalue weighted by Gasteiger charge is 2.23. The highest BCUT2D eigenvalue weighted by molar-refractivity contribution is 8.18. The quantitative estimate of drug-likeness (QED) is 0.531. The molecule has 104 valence electrons. The van der Waals surface area contributed by atoms with E-state index in [0.717, 1.165) is 25.1 Å². The largest absolute Gasteiger partial charge is 0.370 e. The molecular formula is C12H29NO2PS+. The van der Waals surface area contributed by atoms with Gasteiger partial charge in [-0.1, -0.05) is 13.3 Å². The maximum atomic E-state index is 9.85. The van der Waals surface area contributed by atoms with E-state index in [1.807, 2.05) is 0 Å². The fourth-order valence-corrected chi connectivity index (χ4v) is 5.17. The Kier molecular flexibility index (Phi) is 8.87. The van der Waals surface area contributed by atoms with Gasteiger partial charge in [0, 0.05) is 12.1 Å². The van der Waals surface area contributed by atoms with E-state index in [2.05, 4.69) is 39.5 Å². The second kappa shape index (κ2) is 8.60. The first-order valence-corrected chi connectivity index (χ1v) is 10.0. The van der Waals surface area contributed by atoms with Crippen LogP contribution in [0.1, 0.15) is 47.5 Å². The Morgan fingerprint density at radius 1 is 1.12 bits per heavy atom. The summed E-state index contributed by atoms with van der Waals surface area (Å²) in [5.74, 6) is 0.806. The van der Waals surface area contributed by atoms with Crippen LogP contribution in [-0.4, -0.2) is 45.2 Å². The molecule has 0 amide bonds. The number of hydrogen-bond acceptors (Lipinski definition) is 1. The second-order valence-electron chi connectivity index (χ2n) is 5.00. The third kappa shape index (κ3) is 8.28. The fraction of sp³-hybridized carbons (Fsp3) is 1.00. The molecule has 0 aromatic rings. The molecule has 0 aliphatic carbocycles. The number of nitrogens with zero attached hydrogens (tertiary/aromatic N) is 1. The molecule has 0 spiro atoms. The molecule has 0 rings (SSSR count). The van der Waals surface area contributed by atoms with Crippen LogP contribution in [0.15, 0.2) is 0 Å². The summed E-state index contributed by atoms with van der Waals surface area (Å²) < 4.78 is 0. The Bertz CT molecular complexity index is 243. The van der Waals surface area contributed by atoms with Crippen molar-refractivity contribution in [3.63, 3.8) is 0 Å². The lowest BCUT2D eigenvalue weighted by Crippen LogP contribution is -2.38. The maximum Gasteiger partial charge on any atom is 0.370 e. The third-order valence-electron chi connectivity index (χ3n) is 2.78. The number of hydrogen-bond donors (Lipinski definition) is 2. The predicted octanol–water partition coefficient (Wildman–Crippen LogP) is 2.74. The average molecular weight is 282 g/mol. The SMILES string of the molecule is CCCCP(O)(O)=[S+]CCN(C(C)C)C(C)C. The minimum Gasteiger partial charge on any atom is -0.312 e. The summed E-state index contributed by atoms with van der Waals surface area (Å²) in [7, 11) is 1.36. The van der Waals surface area contributed by atoms with Crippen LogP contribution in [-0.2, 0) is 10.9 Å². The Morgan fingerprint density at radius 2 is 1.65 bits per heavy atom. The van der Waals surface area contributed by atoms with Crippen LogP contribution in [0.5, 0.6) is 0 Å². The van der Waals surface area contributed by atoms with Crippen molar-refractivity contribution in [3.05, 3.63) is 0 Å². The van der Waals surface area contributed by atoms with E-state index < -0.39 is 6.49 Å². The van der Waals surface area contributed by atoms with Gasteiger partial charge < -0.3 is 9.79 Å². The van der Waals surface area contributed by atoms with Crippen LogP contribution in [0.25, 0.3) is 0 Å². The first-order valence-electron chi connectivity index (χ1n) is 6.54. The highest BCUT2D eigenvalue weighted by atomic mass is 32.5. The summed E-state index contributed by atoms with van der Waals surface area (Å²) in [6, 6.07) is 1.02. The van der Waals surface area contributed by atoms with Crippen molar-refractivity contribution < 1.29 is 9.79 Å². The Hall–Kier alpha value is 0.530. The molecule has 0 aliphatic rings. The molecule has 0 bridgehead atoms. The molecular weight excluding hydrogens is 253 g/mol. The predicted molar refractivity (Wildman–Crippen MR) is 80.3 cm³/mol. The van der Waals surface area contributed by atoms with Gasteiger partial charge in [-0.25, -0.2) is 0 Å². The summed E-state index contributed by atoms with van der Waals surface area (Å²) in [6.45, 7) is 9.04. The molecule has 0 heterocycles. The molecule has 0 aromatic heterocycles. The van der Waals surface area contributed by atoms with Gasteiger partial charge >= 0.3 is 6.49 Å². The molecule has 17 heavy (non-hydrogen) atoms. The third-order valence-corrected chi connectivity index (χ3v) is 6.79. The number of unbranched alkanes of at least 4 members (excludes halogenated alkanes) is 1. The van der Waals surface area contributed by atoms with Gasteiger partial charge in [0.05, 0.1) is 12.7 Å². The summed E-state index contributed by atoms with van der Waals surface area (Å²) in [4.78, 5) is 22.1. The topological polar surface area (TPSA) is 43.7 Å². The van der Waals surface area contributed by atoms with Crippen molar-refractivity contribution in [2.45, 2.75) is 59.5 Å². The van der Waals surface area contributed by atoms with Gasteiger partial charge in [-0.15, -0.1) is 0 Å². The van der Waals surface area contributed by atoms with Crippen LogP contribution in [0, 0.1) is 0 Å². The van der Waals surface area contributed by atoms with E-state index in [0.29, 0.717) is 18.2 Å². The van der Waals surface area contributed by atoms with Crippen molar-refractivity contribution >= 4 is 17.4 Å². The van der Waals surface area contributed by atoms with E-state index in [1.165, 1.54) is 10.9 Å². The van der Waals surface area contributed by atoms with E-state index in [4.69, 9.17) is 0 Å². The summed E-state index contributed by atoms with van der Waals surface area (Å²) in [5.41, 5.74) is 0. The van der Waals surface area contributed by atoms with Gasteiger partial charge in [-0.05, 0) is 34.1 Å². The van der Waals surface area contributed by atoms with Crippen LogP contribution in [0.3, 0.4) is 0 Å². The summed E-state index contributed by atoms with van der Waals surface area (Å²) in [6.07, 6.45) is 2.50. The minimum atomic E-state index is -2.69. The molecule has 0 saturated heterocycles. The molecule has 0 radical (unpaired) electrons. The van der Waals surface area contributed by atoms with Gasteiger partial charge in [-0.2, -0.15) is 0 Å².